The molecule has 1 aromatic rings. The minimum Gasteiger partial charge on any atom is -0.340 e. The summed E-state index contributed by atoms with van der Waals surface area (Å²) in [5, 5.41) is 0. The van der Waals surface area contributed by atoms with Gasteiger partial charge in [0.1, 0.15) is 11.9 Å². The molecule has 7 nitrogen and oxygen atoms in total. The number of hydrogen-bond acceptors (Lipinski definition) is 5. The summed E-state index contributed by atoms with van der Waals surface area (Å²) in [6.45, 7) is 7.96. The number of sulfonamides is 1. The summed E-state index contributed by atoms with van der Waals surface area (Å²) in [6.07, 6.45) is 1.43. The number of rotatable bonds is 5. The Kier molecular flexibility index (Phi) is 6.78. The van der Waals surface area contributed by atoms with E-state index in [2.05, 4.69) is 16.6 Å². The number of nitrogens with one attached hydrogen (secondary N) is 1. The van der Waals surface area contributed by atoms with Crippen molar-refractivity contribution in [2.45, 2.75) is 44.6 Å². The normalized spacial score (nSPS) is 25.3. The third-order valence-corrected chi connectivity index (χ3v) is 6.69. The van der Waals surface area contributed by atoms with E-state index >= 15 is 0 Å². The van der Waals surface area contributed by atoms with E-state index in [4.69, 9.17) is 5.73 Å². The van der Waals surface area contributed by atoms with E-state index in [-0.39, 0.29) is 40.4 Å². The highest BCUT2D eigenvalue weighted by Gasteiger charge is 2.38. The van der Waals surface area contributed by atoms with Crippen LogP contribution in [0.25, 0.3) is 0 Å². The molecule has 0 spiro atoms. The van der Waals surface area contributed by atoms with Gasteiger partial charge in [0.25, 0.3) is 10.0 Å². The van der Waals surface area contributed by atoms with Crippen LogP contribution in [0.2, 0.25) is 0 Å². The minimum atomic E-state index is -3.62. The summed E-state index contributed by atoms with van der Waals surface area (Å²) >= 11 is 0. The van der Waals surface area contributed by atoms with Gasteiger partial charge in [-0.15, -0.1) is 12.4 Å². The highest BCUT2D eigenvalue weighted by molar-refractivity contribution is 7.90. The van der Waals surface area contributed by atoms with E-state index in [0.717, 1.165) is 6.42 Å². The number of hydrogen-bond donors (Lipinski definition) is 2. The van der Waals surface area contributed by atoms with Gasteiger partial charge in [-0.2, -0.15) is 0 Å². The number of aliphatic imine (C=N–C) groups is 1. The molecule has 9 heteroatoms. The molecule has 0 radical (unpaired) electrons. The fourth-order valence-electron chi connectivity index (χ4n) is 3.63. The van der Waals surface area contributed by atoms with Gasteiger partial charge in [0.2, 0.25) is 5.91 Å². The van der Waals surface area contributed by atoms with Gasteiger partial charge in [-0.05, 0) is 42.9 Å². The quantitative estimate of drug-likeness (QED) is 0.745. The van der Waals surface area contributed by atoms with E-state index < -0.39 is 16.1 Å². The molecular formula is C19H29ClN4O3S. The van der Waals surface area contributed by atoms with Crippen LogP contribution in [-0.4, -0.2) is 50.7 Å². The third-order valence-electron chi connectivity index (χ3n) is 5.29. The predicted molar refractivity (Wildman–Crippen MR) is 112 cm³/mol. The second-order valence-corrected chi connectivity index (χ2v) is 9.90. The molecule has 0 bridgehead atoms. The van der Waals surface area contributed by atoms with Crippen LogP contribution in [0.1, 0.15) is 39.2 Å². The molecule has 1 saturated heterocycles. The summed E-state index contributed by atoms with van der Waals surface area (Å²) in [7, 11) is -3.62. The van der Waals surface area contributed by atoms with Crippen molar-refractivity contribution >= 4 is 34.2 Å². The van der Waals surface area contributed by atoms with Gasteiger partial charge in [-0.1, -0.05) is 32.9 Å². The van der Waals surface area contributed by atoms with Crippen molar-refractivity contribution in [3.8, 4) is 0 Å². The first kappa shape index (κ1) is 22.6. The van der Waals surface area contributed by atoms with E-state index in [1.54, 1.807) is 24.3 Å². The Morgan fingerprint density at radius 2 is 2.04 bits per heavy atom. The smallest absolute Gasteiger partial charge is 0.263 e. The molecule has 2 aliphatic rings. The maximum atomic E-state index is 13.1. The molecule has 3 N–H and O–H groups in total. The molecule has 0 aliphatic carbocycles. The van der Waals surface area contributed by atoms with Crippen molar-refractivity contribution in [2.75, 3.05) is 19.6 Å². The Balaban J connectivity index is 0.00000280. The first-order valence-corrected chi connectivity index (χ1v) is 10.8. The first-order valence-electron chi connectivity index (χ1n) is 9.34. The Morgan fingerprint density at radius 3 is 2.64 bits per heavy atom. The molecule has 0 saturated carbocycles. The average Bonchev–Trinajstić information content (AvgIpc) is 3.13. The van der Waals surface area contributed by atoms with E-state index in [9.17, 15) is 13.2 Å². The molecule has 1 fully saturated rings. The largest absolute Gasteiger partial charge is 0.340 e. The van der Waals surface area contributed by atoms with Crippen LogP contribution in [0.15, 0.2) is 34.2 Å². The standard InChI is InChI=1S/C19H28N4O3S.ClH/c1-13(2)10-15(18(24)23-9-8-19(3,11-20)12-23)21-17-14-6-4-5-7-16(14)27(25,26)22-17;/h4-7,13,15H,8-12,20H2,1-3H3,(H,21,22);1H. The number of benzene rings is 1. The lowest BCUT2D eigenvalue weighted by atomic mass is 9.90. The van der Waals surface area contributed by atoms with Gasteiger partial charge in [-0.3, -0.25) is 14.5 Å². The Morgan fingerprint density at radius 1 is 1.36 bits per heavy atom. The van der Waals surface area contributed by atoms with Crippen molar-refractivity contribution in [1.29, 1.82) is 0 Å². The lowest BCUT2D eigenvalue weighted by Crippen LogP contribution is -2.41. The summed E-state index contributed by atoms with van der Waals surface area (Å²) in [5.41, 5.74) is 6.32. The number of carbonyl (C=O) groups is 1. The van der Waals surface area contributed by atoms with E-state index in [0.29, 0.717) is 31.6 Å². The molecule has 1 aromatic carbocycles. The Hall–Kier alpha value is -1.64. The van der Waals surface area contributed by atoms with Crippen LogP contribution < -0.4 is 10.5 Å². The molecule has 2 atom stereocenters. The number of carbonyl (C=O) groups excluding carboxylic acids is 1. The van der Waals surface area contributed by atoms with Crippen LogP contribution in [0.3, 0.4) is 0 Å². The van der Waals surface area contributed by atoms with Gasteiger partial charge >= 0.3 is 0 Å². The fourth-order valence-corrected chi connectivity index (χ4v) is 4.87. The zero-order valence-corrected chi connectivity index (χ0v) is 18.1. The summed E-state index contributed by atoms with van der Waals surface area (Å²) in [5.74, 6) is 0.447. The number of halogens is 1. The van der Waals surface area contributed by atoms with Gasteiger partial charge in [0.15, 0.2) is 0 Å². The van der Waals surface area contributed by atoms with Gasteiger partial charge in [-0.25, -0.2) is 8.42 Å². The number of amides is 1. The first-order chi connectivity index (χ1) is 12.6. The molecule has 2 heterocycles. The monoisotopic (exact) mass is 428 g/mol. The fraction of sp³-hybridized carbons (Fsp3) is 0.579. The van der Waals surface area contributed by atoms with Crippen LogP contribution in [0.4, 0.5) is 0 Å². The highest BCUT2D eigenvalue weighted by atomic mass is 35.5. The maximum Gasteiger partial charge on any atom is 0.263 e. The highest BCUT2D eigenvalue weighted by Crippen LogP contribution is 2.30. The molecular weight excluding hydrogens is 400 g/mol. The van der Waals surface area contributed by atoms with Crippen molar-refractivity contribution in [2.24, 2.45) is 22.1 Å². The van der Waals surface area contributed by atoms with Crippen molar-refractivity contribution in [3.63, 3.8) is 0 Å². The lowest BCUT2D eigenvalue weighted by Gasteiger charge is -2.25. The average molecular weight is 429 g/mol. The molecule has 2 unspecified atom stereocenters. The van der Waals surface area contributed by atoms with E-state index in [1.165, 1.54) is 0 Å². The van der Waals surface area contributed by atoms with Gasteiger partial charge < -0.3 is 10.6 Å². The number of nitrogens with zero attached hydrogens (tertiary/aromatic N) is 2. The Labute approximate surface area is 173 Å². The SMILES string of the molecule is CC(C)CC(N=C1NS(=O)(=O)c2ccccc21)C(=O)N1CCC(C)(CN)C1.Cl. The maximum absolute atomic E-state index is 13.1. The predicted octanol–water partition coefficient (Wildman–Crippen LogP) is 1.76. The van der Waals surface area contributed by atoms with Crippen LogP contribution in [0, 0.1) is 11.3 Å². The van der Waals surface area contributed by atoms with Crippen LogP contribution >= 0.6 is 12.4 Å². The second-order valence-electron chi connectivity index (χ2n) is 8.25. The summed E-state index contributed by atoms with van der Waals surface area (Å²) in [6, 6.07) is 6.09. The lowest BCUT2D eigenvalue weighted by molar-refractivity contribution is -0.132. The molecule has 2 aliphatic heterocycles. The molecule has 3 rings (SSSR count). The van der Waals surface area contributed by atoms with Gasteiger partial charge in [0, 0.05) is 18.7 Å². The third kappa shape index (κ3) is 4.50. The van der Waals surface area contributed by atoms with Crippen LogP contribution in [-0.2, 0) is 14.8 Å². The number of fused-ring (bicyclic) bond motifs is 1. The number of nitrogens with two attached hydrogens (primary N) is 1. The van der Waals surface area contributed by atoms with E-state index in [1.807, 2.05) is 18.7 Å². The molecule has 28 heavy (non-hydrogen) atoms. The summed E-state index contributed by atoms with van der Waals surface area (Å²) in [4.78, 5) is 19.7. The topological polar surface area (TPSA) is 105 Å². The summed E-state index contributed by atoms with van der Waals surface area (Å²) < 4.78 is 27.1. The van der Waals surface area contributed by atoms with Crippen molar-refractivity contribution in [1.82, 2.24) is 9.62 Å². The zero-order valence-electron chi connectivity index (χ0n) is 16.5. The van der Waals surface area contributed by atoms with Crippen molar-refractivity contribution in [3.05, 3.63) is 29.8 Å². The molecule has 1 amide bonds. The zero-order chi connectivity index (χ0) is 19.8. The second kappa shape index (κ2) is 8.39. The van der Waals surface area contributed by atoms with Crippen LogP contribution in [0.5, 0.6) is 0 Å². The number of likely N-dealkylation sites (tertiary alicyclic amines) is 1. The number of amidine groups is 1. The minimum absolute atomic E-state index is 0. The molecule has 0 aromatic heterocycles. The molecule has 156 valence electrons. The Bertz CT molecular complexity index is 872. The van der Waals surface area contributed by atoms with Crippen molar-refractivity contribution < 1.29 is 13.2 Å². The van der Waals surface area contributed by atoms with Gasteiger partial charge in [0.05, 0.1) is 4.90 Å².